The quantitative estimate of drug-likeness (QED) is 0.857. The first-order valence-electron chi connectivity index (χ1n) is 8.23. The molecule has 0 saturated carbocycles. The molecule has 0 aliphatic carbocycles. The highest BCUT2D eigenvalue weighted by molar-refractivity contribution is 7.89. The van der Waals surface area contributed by atoms with Gasteiger partial charge in [-0.2, -0.15) is 4.31 Å². The number of sulfonamides is 1. The van der Waals surface area contributed by atoms with Crippen LogP contribution in [0.3, 0.4) is 0 Å². The van der Waals surface area contributed by atoms with Crippen LogP contribution in [0.1, 0.15) is 26.2 Å². The van der Waals surface area contributed by atoms with Crippen molar-refractivity contribution in [3.63, 3.8) is 0 Å². The van der Waals surface area contributed by atoms with E-state index < -0.39 is 16.1 Å². The molecule has 2 aliphatic heterocycles. The number of benzene rings is 1. The maximum Gasteiger partial charge on any atom is 0.243 e. The normalized spacial score (nSPS) is 20.8. The molecular formula is C16H22N2O5S. The maximum atomic E-state index is 13.0. The number of nitrogens with zero attached hydrogens (tertiary/aromatic N) is 1. The van der Waals surface area contributed by atoms with Gasteiger partial charge in [0, 0.05) is 19.2 Å². The molecule has 0 spiro atoms. The number of nitrogens with one attached hydrogen (secondary N) is 1. The molecule has 2 aliphatic rings. The molecule has 7 nitrogen and oxygen atoms in total. The minimum absolute atomic E-state index is 0.127. The molecular weight excluding hydrogens is 332 g/mol. The molecule has 0 unspecified atom stereocenters. The van der Waals surface area contributed by atoms with Crippen LogP contribution in [-0.2, 0) is 14.8 Å². The summed E-state index contributed by atoms with van der Waals surface area (Å²) in [5.74, 6) is 0.739. The lowest BCUT2D eigenvalue weighted by molar-refractivity contribution is -0.124. The van der Waals surface area contributed by atoms with Crippen LogP contribution in [0.25, 0.3) is 0 Å². The molecule has 1 amide bonds. The first-order valence-corrected chi connectivity index (χ1v) is 9.67. The molecule has 1 atom stereocenters. The van der Waals surface area contributed by atoms with Crippen molar-refractivity contribution >= 4 is 15.9 Å². The molecule has 132 valence electrons. The molecule has 1 N–H and O–H groups in total. The second kappa shape index (κ2) is 6.98. The zero-order valence-electron chi connectivity index (χ0n) is 13.7. The van der Waals surface area contributed by atoms with Gasteiger partial charge >= 0.3 is 0 Å². The van der Waals surface area contributed by atoms with Crippen LogP contribution >= 0.6 is 0 Å². The minimum atomic E-state index is -3.75. The van der Waals surface area contributed by atoms with E-state index in [1.54, 1.807) is 6.07 Å². The van der Waals surface area contributed by atoms with E-state index in [1.807, 2.05) is 6.92 Å². The number of ether oxygens (including phenoxy) is 2. The topological polar surface area (TPSA) is 84.9 Å². The third kappa shape index (κ3) is 3.21. The number of carbonyl (C=O) groups excluding carboxylic acids is 1. The van der Waals surface area contributed by atoms with Gasteiger partial charge in [-0.3, -0.25) is 4.79 Å². The molecule has 8 heteroatoms. The molecule has 24 heavy (non-hydrogen) atoms. The Morgan fingerprint density at radius 3 is 2.79 bits per heavy atom. The van der Waals surface area contributed by atoms with Crippen LogP contribution in [-0.4, -0.2) is 51.0 Å². The number of hydrogen-bond donors (Lipinski definition) is 1. The lowest BCUT2D eigenvalue weighted by Crippen LogP contribution is -2.46. The predicted molar refractivity (Wildman–Crippen MR) is 87.6 cm³/mol. The predicted octanol–water partition coefficient (Wildman–Crippen LogP) is 1.14. The van der Waals surface area contributed by atoms with Gasteiger partial charge in [0.1, 0.15) is 19.3 Å². The maximum absolute atomic E-state index is 13.0. The Bertz CT molecular complexity index is 719. The Morgan fingerprint density at radius 2 is 2.04 bits per heavy atom. The lowest BCUT2D eigenvalue weighted by Gasteiger charge is -2.24. The summed E-state index contributed by atoms with van der Waals surface area (Å²) in [5.41, 5.74) is 0. The number of rotatable bonds is 5. The summed E-state index contributed by atoms with van der Waals surface area (Å²) in [6.45, 7) is 3.69. The molecule has 1 aromatic carbocycles. The van der Waals surface area contributed by atoms with Gasteiger partial charge in [0.25, 0.3) is 0 Å². The molecule has 1 saturated heterocycles. The van der Waals surface area contributed by atoms with Gasteiger partial charge in [0.05, 0.1) is 4.90 Å². The summed E-state index contributed by atoms with van der Waals surface area (Å²) >= 11 is 0. The summed E-state index contributed by atoms with van der Waals surface area (Å²) in [6.07, 6.45) is 2.03. The van der Waals surface area contributed by atoms with Gasteiger partial charge < -0.3 is 14.8 Å². The van der Waals surface area contributed by atoms with Gasteiger partial charge in [0.2, 0.25) is 15.9 Å². The summed E-state index contributed by atoms with van der Waals surface area (Å²) < 4.78 is 38.1. The van der Waals surface area contributed by atoms with E-state index in [0.717, 1.165) is 6.42 Å². The van der Waals surface area contributed by atoms with Crippen LogP contribution < -0.4 is 14.8 Å². The molecule has 1 fully saturated rings. The summed E-state index contributed by atoms with van der Waals surface area (Å²) in [4.78, 5) is 12.4. The second-order valence-electron chi connectivity index (χ2n) is 5.87. The highest BCUT2D eigenvalue weighted by atomic mass is 32.2. The first kappa shape index (κ1) is 17.0. The smallest absolute Gasteiger partial charge is 0.243 e. The van der Waals surface area contributed by atoms with Crippen molar-refractivity contribution in [2.45, 2.75) is 37.1 Å². The minimum Gasteiger partial charge on any atom is -0.486 e. The van der Waals surface area contributed by atoms with Crippen molar-refractivity contribution in [2.75, 3.05) is 26.3 Å². The third-order valence-corrected chi connectivity index (χ3v) is 6.08. The highest BCUT2D eigenvalue weighted by Gasteiger charge is 2.39. The van der Waals surface area contributed by atoms with E-state index in [0.29, 0.717) is 50.6 Å². The summed E-state index contributed by atoms with van der Waals surface area (Å²) in [7, 11) is -3.75. The fourth-order valence-electron chi connectivity index (χ4n) is 2.98. The van der Waals surface area contributed by atoms with Gasteiger partial charge in [-0.25, -0.2) is 8.42 Å². The van der Waals surface area contributed by atoms with E-state index in [4.69, 9.17) is 9.47 Å². The largest absolute Gasteiger partial charge is 0.486 e. The van der Waals surface area contributed by atoms with Crippen molar-refractivity contribution in [3.05, 3.63) is 18.2 Å². The Hall–Kier alpha value is -1.80. The number of fused-ring (bicyclic) bond motifs is 1. The summed E-state index contributed by atoms with van der Waals surface area (Å²) in [6, 6.07) is 3.93. The van der Waals surface area contributed by atoms with Crippen LogP contribution in [0.15, 0.2) is 23.1 Å². The van der Waals surface area contributed by atoms with Crippen LogP contribution in [0.2, 0.25) is 0 Å². The van der Waals surface area contributed by atoms with E-state index >= 15 is 0 Å². The second-order valence-corrected chi connectivity index (χ2v) is 7.76. The molecule has 2 heterocycles. The molecule has 0 aromatic heterocycles. The summed E-state index contributed by atoms with van der Waals surface area (Å²) in [5, 5.41) is 2.79. The molecule has 3 rings (SSSR count). The Kier molecular flexibility index (Phi) is 4.96. The van der Waals surface area contributed by atoms with Gasteiger partial charge in [-0.1, -0.05) is 6.92 Å². The van der Waals surface area contributed by atoms with E-state index in [1.165, 1.54) is 16.4 Å². The van der Waals surface area contributed by atoms with Crippen molar-refractivity contribution in [2.24, 2.45) is 0 Å². The highest BCUT2D eigenvalue weighted by Crippen LogP contribution is 2.34. The van der Waals surface area contributed by atoms with Crippen molar-refractivity contribution in [1.82, 2.24) is 9.62 Å². The van der Waals surface area contributed by atoms with Crippen LogP contribution in [0.4, 0.5) is 0 Å². The standard InChI is InChI=1S/C16H22N2O5S/c1-2-7-17-16(19)13-4-3-8-18(13)24(20,21)12-5-6-14-15(11-12)23-10-9-22-14/h5-6,11,13H,2-4,7-10H2,1H3,(H,17,19)/t13-/m0/s1. The fraction of sp³-hybridized carbons (Fsp3) is 0.562. The van der Waals surface area contributed by atoms with Crippen LogP contribution in [0.5, 0.6) is 11.5 Å². The van der Waals surface area contributed by atoms with E-state index in [2.05, 4.69) is 5.32 Å². The molecule has 0 bridgehead atoms. The zero-order chi connectivity index (χ0) is 17.2. The average molecular weight is 354 g/mol. The SMILES string of the molecule is CCCNC(=O)[C@@H]1CCCN1S(=O)(=O)c1ccc2c(c1)OCCO2. The third-order valence-electron chi connectivity index (χ3n) is 4.18. The monoisotopic (exact) mass is 354 g/mol. The first-order chi connectivity index (χ1) is 11.5. The van der Waals surface area contributed by atoms with Crippen molar-refractivity contribution < 1.29 is 22.7 Å². The number of amides is 1. The van der Waals surface area contributed by atoms with Gasteiger partial charge in [0.15, 0.2) is 11.5 Å². The number of hydrogen-bond acceptors (Lipinski definition) is 5. The zero-order valence-corrected chi connectivity index (χ0v) is 14.5. The van der Waals surface area contributed by atoms with E-state index in [-0.39, 0.29) is 10.8 Å². The average Bonchev–Trinajstić information content (AvgIpc) is 3.10. The lowest BCUT2D eigenvalue weighted by atomic mass is 10.2. The van der Waals surface area contributed by atoms with Gasteiger partial charge in [-0.05, 0) is 31.4 Å². The van der Waals surface area contributed by atoms with Crippen molar-refractivity contribution in [1.29, 1.82) is 0 Å². The Balaban J connectivity index is 1.85. The fourth-order valence-corrected chi connectivity index (χ4v) is 4.65. The molecule has 0 radical (unpaired) electrons. The number of carbonyl (C=O) groups is 1. The Labute approximate surface area is 142 Å². The van der Waals surface area contributed by atoms with Crippen molar-refractivity contribution in [3.8, 4) is 11.5 Å². The van der Waals surface area contributed by atoms with Crippen LogP contribution in [0, 0.1) is 0 Å². The molecule has 1 aromatic rings. The Morgan fingerprint density at radius 1 is 1.29 bits per heavy atom. The van der Waals surface area contributed by atoms with E-state index in [9.17, 15) is 13.2 Å². The van der Waals surface area contributed by atoms with Gasteiger partial charge in [-0.15, -0.1) is 0 Å².